The number of hydrogen-bond acceptors (Lipinski definition) is 3. The fourth-order valence-corrected chi connectivity index (χ4v) is 3.01. The van der Waals surface area contributed by atoms with Gasteiger partial charge in [0, 0.05) is 18.7 Å². The van der Waals surface area contributed by atoms with Crippen molar-refractivity contribution < 1.29 is 4.74 Å². The molecule has 0 spiro atoms. The van der Waals surface area contributed by atoms with Crippen molar-refractivity contribution in [3.8, 4) is 5.75 Å². The second kappa shape index (κ2) is 8.54. The molecule has 1 aromatic carbocycles. The Morgan fingerprint density at radius 2 is 2.00 bits per heavy atom. The average molecular weight is 304 g/mol. The number of rotatable bonds is 7. The Balaban J connectivity index is 1.93. The van der Waals surface area contributed by atoms with Gasteiger partial charge in [-0.25, -0.2) is 0 Å². The van der Waals surface area contributed by atoms with Gasteiger partial charge in [0.15, 0.2) is 0 Å². The third kappa shape index (κ3) is 5.29. The Kier molecular flexibility index (Phi) is 6.71. The lowest BCUT2D eigenvalue weighted by Gasteiger charge is -2.30. The summed E-state index contributed by atoms with van der Waals surface area (Å²) in [5.74, 6) is 2.58. The average Bonchev–Trinajstić information content (AvgIpc) is 2.50. The topological polar surface area (TPSA) is 24.5 Å². The fraction of sp³-hybridized carbons (Fsp3) is 0.684. The lowest BCUT2D eigenvalue weighted by atomic mass is 9.98. The maximum absolute atomic E-state index is 5.59. The summed E-state index contributed by atoms with van der Waals surface area (Å²) in [6.07, 6.45) is 2.66. The molecule has 0 bridgehead atoms. The van der Waals surface area contributed by atoms with E-state index in [0.717, 1.165) is 31.3 Å². The van der Waals surface area contributed by atoms with Crippen molar-refractivity contribution in [1.29, 1.82) is 0 Å². The zero-order valence-corrected chi connectivity index (χ0v) is 14.7. The zero-order valence-electron chi connectivity index (χ0n) is 14.7. The van der Waals surface area contributed by atoms with Gasteiger partial charge in [0.05, 0.1) is 7.11 Å². The van der Waals surface area contributed by atoms with Crippen LogP contribution in [0.3, 0.4) is 0 Å². The molecule has 0 atom stereocenters. The standard InChI is InChI=1S/C19H32N2O/c1-15(2)12-20-13-18-6-5-17(11-19(18)22-4)14-21-9-7-16(3)8-10-21/h5-6,11,15-16,20H,7-10,12-14H2,1-4H3. The number of nitrogens with zero attached hydrogens (tertiary/aromatic N) is 1. The minimum Gasteiger partial charge on any atom is -0.496 e. The number of ether oxygens (including phenoxy) is 1. The van der Waals surface area contributed by atoms with Gasteiger partial charge in [-0.15, -0.1) is 0 Å². The lowest BCUT2D eigenvalue weighted by molar-refractivity contribution is 0.185. The van der Waals surface area contributed by atoms with Crippen molar-refractivity contribution in [2.75, 3.05) is 26.7 Å². The normalized spacial score (nSPS) is 17.1. The summed E-state index contributed by atoms with van der Waals surface area (Å²) >= 11 is 0. The summed E-state index contributed by atoms with van der Waals surface area (Å²) in [5, 5.41) is 3.49. The molecule has 2 rings (SSSR count). The maximum Gasteiger partial charge on any atom is 0.123 e. The molecule has 0 unspecified atom stereocenters. The van der Waals surface area contributed by atoms with Crippen molar-refractivity contribution in [1.82, 2.24) is 10.2 Å². The van der Waals surface area contributed by atoms with Gasteiger partial charge in [-0.2, -0.15) is 0 Å². The molecular formula is C19H32N2O. The van der Waals surface area contributed by atoms with E-state index in [9.17, 15) is 0 Å². The van der Waals surface area contributed by atoms with Gasteiger partial charge < -0.3 is 10.1 Å². The zero-order chi connectivity index (χ0) is 15.9. The molecule has 1 fully saturated rings. The first-order valence-electron chi connectivity index (χ1n) is 8.67. The highest BCUT2D eigenvalue weighted by molar-refractivity contribution is 5.37. The highest BCUT2D eigenvalue weighted by Crippen LogP contribution is 2.23. The van der Waals surface area contributed by atoms with Gasteiger partial charge in [-0.05, 0) is 55.9 Å². The number of nitrogens with one attached hydrogen (secondary N) is 1. The molecular weight excluding hydrogens is 272 g/mol. The van der Waals surface area contributed by atoms with E-state index in [1.54, 1.807) is 7.11 Å². The predicted octanol–water partition coefficient (Wildman–Crippen LogP) is 3.67. The van der Waals surface area contributed by atoms with Crippen LogP contribution in [0.1, 0.15) is 44.7 Å². The van der Waals surface area contributed by atoms with E-state index >= 15 is 0 Å². The number of piperidine rings is 1. The summed E-state index contributed by atoms with van der Waals surface area (Å²) in [7, 11) is 1.77. The van der Waals surface area contributed by atoms with Crippen LogP contribution in [-0.4, -0.2) is 31.6 Å². The third-order valence-electron chi connectivity index (χ3n) is 4.50. The fourth-order valence-electron chi connectivity index (χ4n) is 3.01. The van der Waals surface area contributed by atoms with Gasteiger partial charge in [0.1, 0.15) is 5.75 Å². The third-order valence-corrected chi connectivity index (χ3v) is 4.50. The number of hydrogen-bond donors (Lipinski definition) is 1. The van der Waals surface area contributed by atoms with Crippen LogP contribution in [-0.2, 0) is 13.1 Å². The highest BCUT2D eigenvalue weighted by atomic mass is 16.5. The summed E-state index contributed by atoms with van der Waals surface area (Å²) < 4.78 is 5.59. The molecule has 3 nitrogen and oxygen atoms in total. The van der Waals surface area contributed by atoms with Gasteiger partial charge in [-0.1, -0.05) is 32.9 Å². The van der Waals surface area contributed by atoms with Crippen LogP contribution in [0.5, 0.6) is 5.75 Å². The molecule has 0 radical (unpaired) electrons. The molecule has 0 amide bonds. The Morgan fingerprint density at radius 1 is 1.27 bits per heavy atom. The van der Waals surface area contributed by atoms with E-state index in [4.69, 9.17) is 4.74 Å². The first-order chi connectivity index (χ1) is 10.6. The van der Waals surface area contributed by atoms with Crippen molar-refractivity contribution >= 4 is 0 Å². The second-order valence-electron chi connectivity index (χ2n) is 7.13. The quantitative estimate of drug-likeness (QED) is 0.832. The van der Waals surface area contributed by atoms with Crippen LogP contribution >= 0.6 is 0 Å². The van der Waals surface area contributed by atoms with Crippen LogP contribution in [0.2, 0.25) is 0 Å². The smallest absolute Gasteiger partial charge is 0.123 e. The van der Waals surface area contributed by atoms with Crippen molar-refractivity contribution in [3.63, 3.8) is 0 Å². The molecule has 1 aliphatic rings. The highest BCUT2D eigenvalue weighted by Gasteiger charge is 2.16. The molecule has 1 aromatic rings. The minimum atomic E-state index is 0.673. The summed E-state index contributed by atoms with van der Waals surface area (Å²) in [6.45, 7) is 12.2. The van der Waals surface area contributed by atoms with E-state index < -0.39 is 0 Å². The van der Waals surface area contributed by atoms with Crippen molar-refractivity contribution in [3.05, 3.63) is 29.3 Å². The van der Waals surface area contributed by atoms with Gasteiger partial charge >= 0.3 is 0 Å². The predicted molar refractivity (Wildman–Crippen MR) is 93.2 cm³/mol. The van der Waals surface area contributed by atoms with Crippen LogP contribution in [0.4, 0.5) is 0 Å². The van der Waals surface area contributed by atoms with Crippen LogP contribution < -0.4 is 10.1 Å². The maximum atomic E-state index is 5.59. The molecule has 124 valence electrons. The van der Waals surface area contributed by atoms with E-state index in [-0.39, 0.29) is 0 Å². The Hall–Kier alpha value is -1.06. The molecule has 3 heteroatoms. The molecule has 0 aromatic heterocycles. The van der Waals surface area contributed by atoms with Gasteiger partial charge in [-0.3, -0.25) is 4.90 Å². The molecule has 1 saturated heterocycles. The van der Waals surface area contributed by atoms with Gasteiger partial charge in [0.25, 0.3) is 0 Å². The number of likely N-dealkylation sites (tertiary alicyclic amines) is 1. The van der Waals surface area contributed by atoms with Crippen LogP contribution in [0.25, 0.3) is 0 Å². The minimum absolute atomic E-state index is 0.673. The van der Waals surface area contributed by atoms with Crippen molar-refractivity contribution in [2.24, 2.45) is 11.8 Å². The van der Waals surface area contributed by atoms with E-state index in [2.05, 4.69) is 49.2 Å². The van der Waals surface area contributed by atoms with E-state index in [1.165, 1.54) is 37.1 Å². The Labute approximate surface area is 136 Å². The molecule has 1 heterocycles. The van der Waals surface area contributed by atoms with E-state index in [0.29, 0.717) is 5.92 Å². The molecule has 22 heavy (non-hydrogen) atoms. The lowest BCUT2D eigenvalue weighted by Crippen LogP contribution is -2.32. The first-order valence-corrected chi connectivity index (χ1v) is 8.67. The first kappa shape index (κ1) is 17.3. The molecule has 0 aliphatic carbocycles. The summed E-state index contributed by atoms with van der Waals surface area (Å²) in [5.41, 5.74) is 2.61. The van der Waals surface area contributed by atoms with Crippen molar-refractivity contribution in [2.45, 2.75) is 46.7 Å². The number of benzene rings is 1. The molecule has 1 aliphatic heterocycles. The van der Waals surface area contributed by atoms with E-state index in [1.807, 2.05) is 0 Å². The molecule has 1 N–H and O–H groups in total. The summed E-state index contributed by atoms with van der Waals surface area (Å²) in [4.78, 5) is 2.56. The molecule has 0 saturated carbocycles. The largest absolute Gasteiger partial charge is 0.496 e. The number of methoxy groups -OCH3 is 1. The summed E-state index contributed by atoms with van der Waals surface area (Å²) in [6, 6.07) is 6.69. The Bertz CT molecular complexity index is 451. The van der Waals surface area contributed by atoms with Crippen LogP contribution in [0, 0.1) is 11.8 Å². The SMILES string of the molecule is COc1cc(CN2CCC(C)CC2)ccc1CNCC(C)C. The van der Waals surface area contributed by atoms with Gasteiger partial charge in [0.2, 0.25) is 0 Å². The monoisotopic (exact) mass is 304 g/mol. The second-order valence-corrected chi connectivity index (χ2v) is 7.13. The van der Waals surface area contributed by atoms with Crippen LogP contribution in [0.15, 0.2) is 18.2 Å². The Morgan fingerprint density at radius 3 is 2.64 bits per heavy atom.